The molecule has 0 aromatic heterocycles. The summed E-state index contributed by atoms with van der Waals surface area (Å²) < 4.78 is 6.22. The molecule has 2 fully saturated rings. The van der Waals surface area contributed by atoms with Crippen LogP contribution in [0.15, 0.2) is 30.5 Å². The fourth-order valence-corrected chi connectivity index (χ4v) is 4.11. The molecule has 3 rings (SSSR count). The van der Waals surface area contributed by atoms with Gasteiger partial charge in [-0.3, -0.25) is 9.59 Å². The van der Waals surface area contributed by atoms with Gasteiger partial charge in [0.2, 0.25) is 12.3 Å². The van der Waals surface area contributed by atoms with E-state index in [1.165, 1.54) is 6.42 Å². The van der Waals surface area contributed by atoms with E-state index in [9.17, 15) is 9.59 Å². The van der Waals surface area contributed by atoms with Gasteiger partial charge >= 0.3 is 0 Å². The monoisotopic (exact) mass is 370 g/mol. The van der Waals surface area contributed by atoms with Crippen LogP contribution < -0.4 is 10.1 Å². The maximum atomic E-state index is 11.7. The molecule has 0 spiro atoms. The lowest BCUT2D eigenvalue weighted by atomic mass is 9.92. The smallest absolute Gasteiger partial charge is 0.224 e. The van der Waals surface area contributed by atoms with Gasteiger partial charge in [-0.1, -0.05) is 26.5 Å². The van der Waals surface area contributed by atoms with Crippen molar-refractivity contribution in [2.45, 2.75) is 71.6 Å². The molecule has 5 nitrogen and oxygen atoms in total. The lowest BCUT2D eigenvalue weighted by Gasteiger charge is -2.33. The second-order valence-corrected chi connectivity index (χ2v) is 8.64. The van der Waals surface area contributed by atoms with Crippen LogP contribution in [0.25, 0.3) is 0 Å². The van der Waals surface area contributed by atoms with Gasteiger partial charge in [0, 0.05) is 18.7 Å². The van der Waals surface area contributed by atoms with Crippen LogP contribution in [0.5, 0.6) is 5.75 Å². The number of piperidine rings is 1. The van der Waals surface area contributed by atoms with E-state index in [4.69, 9.17) is 4.74 Å². The molecular formula is C22H30N2O3. The van der Waals surface area contributed by atoms with Gasteiger partial charge in [0.05, 0.1) is 12.1 Å². The Labute approximate surface area is 161 Å². The van der Waals surface area contributed by atoms with Gasteiger partial charge in [-0.2, -0.15) is 0 Å². The zero-order valence-electron chi connectivity index (χ0n) is 16.6. The van der Waals surface area contributed by atoms with E-state index in [0.717, 1.165) is 36.1 Å². The Morgan fingerprint density at radius 1 is 1.37 bits per heavy atom. The SMILES string of the molecule is C=C1NC(=O)CCC1N(C=O)Cc1cc(OC2CCC(C)(C)C2)ccc1C. The van der Waals surface area contributed by atoms with E-state index in [-0.39, 0.29) is 18.1 Å². The molecule has 1 saturated heterocycles. The standard InChI is InChI=1S/C22H30N2O3/c1-15-5-6-18(27-19-9-10-22(3,4)12-19)11-17(15)13-24(14-25)20-7-8-21(26)23-16(20)2/h5-6,11,14,19-20H,2,7-10,12-13H2,1,3-4H3,(H,23,26). The van der Waals surface area contributed by atoms with Crippen LogP contribution in [0.1, 0.15) is 57.1 Å². The Balaban J connectivity index is 1.71. The summed E-state index contributed by atoms with van der Waals surface area (Å²) in [5.74, 6) is 0.827. The molecular weight excluding hydrogens is 340 g/mol. The Hall–Kier alpha value is -2.30. The third kappa shape index (κ3) is 4.71. The molecule has 0 radical (unpaired) electrons. The van der Waals surface area contributed by atoms with Gasteiger partial charge in [0.1, 0.15) is 5.75 Å². The van der Waals surface area contributed by atoms with Gasteiger partial charge in [0.25, 0.3) is 0 Å². The first-order chi connectivity index (χ1) is 12.8. The highest BCUT2D eigenvalue weighted by molar-refractivity contribution is 5.79. The maximum absolute atomic E-state index is 11.7. The van der Waals surface area contributed by atoms with Gasteiger partial charge in [-0.15, -0.1) is 0 Å². The fraction of sp³-hybridized carbons (Fsp3) is 0.545. The van der Waals surface area contributed by atoms with Crippen molar-refractivity contribution in [3.63, 3.8) is 0 Å². The Morgan fingerprint density at radius 2 is 2.15 bits per heavy atom. The molecule has 2 unspecified atom stereocenters. The quantitative estimate of drug-likeness (QED) is 0.777. The first-order valence-corrected chi connectivity index (χ1v) is 9.73. The minimum atomic E-state index is -0.167. The van der Waals surface area contributed by atoms with E-state index in [0.29, 0.717) is 30.5 Å². The lowest BCUT2D eigenvalue weighted by Crippen LogP contribution is -2.45. The number of aryl methyl sites for hydroxylation is 1. The normalized spacial score (nSPS) is 24.4. The van der Waals surface area contributed by atoms with Crippen molar-refractivity contribution in [3.05, 3.63) is 41.6 Å². The highest BCUT2D eigenvalue weighted by Gasteiger charge is 2.32. The Kier molecular flexibility index (Phi) is 5.59. The van der Waals surface area contributed by atoms with E-state index in [2.05, 4.69) is 25.7 Å². The molecule has 27 heavy (non-hydrogen) atoms. The zero-order chi connectivity index (χ0) is 19.6. The molecule has 1 N–H and O–H groups in total. The highest BCUT2D eigenvalue weighted by Crippen LogP contribution is 2.39. The van der Waals surface area contributed by atoms with Crippen LogP contribution in [-0.4, -0.2) is 29.4 Å². The third-order valence-electron chi connectivity index (χ3n) is 5.78. The molecule has 1 heterocycles. The Bertz CT molecular complexity index is 741. The van der Waals surface area contributed by atoms with Gasteiger partial charge in [-0.05, 0) is 61.3 Å². The summed E-state index contributed by atoms with van der Waals surface area (Å²) in [6.45, 7) is 11.0. The van der Waals surface area contributed by atoms with Crippen molar-refractivity contribution >= 4 is 12.3 Å². The summed E-state index contributed by atoms with van der Waals surface area (Å²) in [4.78, 5) is 24.9. The van der Waals surface area contributed by atoms with Crippen molar-refractivity contribution in [1.29, 1.82) is 0 Å². The topological polar surface area (TPSA) is 58.6 Å². The van der Waals surface area contributed by atoms with Crippen LogP contribution in [0.3, 0.4) is 0 Å². The highest BCUT2D eigenvalue weighted by atomic mass is 16.5. The average molecular weight is 370 g/mol. The number of amides is 2. The summed E-state index contributed by atoms with van der Waals surface area (Å²) in [6.07, 6.45) is 5.45. The fourth-order valence-electron chi connectivity index (χ4n) is 4.11. The van der Waals surface area contributed by atoms with E-state index >= 15 is 0 Å². The summed E-state index contributed by atoms with van der Waals surface area (Å²) in [6, 6.07) is 5.93. The summed E-state index contributed by atoms with van der Waals surface area (Å²) in [7, 11) is 0. The number of hydrogen-bond acceptors (Lipinski definition) is 3. The molecule has 5 heteroatoms. The predicted molar refractivity (Wildman–Crippen MR) is 105 cm³/mol. The number of carbonyl (C=O) groups is 2. The number of hydrogen-bond donors (Lipinski definition) is 1. The minimum absolute atomic E-state index is 0.0341. The number of benzene rings is 1. The van der Waals surface area contributed by atoms with Crippen molar-refractivity contribution < 1.29 is 14.3 Å². The molecule has 1 aromatic carbocycles. The molecule has 0 bridgehead atoms. The number of ether oxygens (including phenoxy) is 1. The maximum Gasteiger partial charge on any atom is 0.224 e. The summed E-state index contributed by atoms with van der Waals surface area (Å²) in [5.41, 5.74) is 3.11. The lowest BCUT2D eigenvalue weighted by molar-refractivity contribution is -0.125. The molecule has 1 aromatic rings. The van der Waals surface area contributed by atoms with Crippen LogP contribution in [0, 0.1) is 12.3 Å². The number of nitrogens with zero attached hydrogens (tertiary/aromatic N) is 1. The third-order valence-corrected chi connectivity index (χ3v) is 5.78. The Morgan fingerprint density at radius 3 is 2.78 bits per heavy atom. The average Bonchev–Trinajstić information content (AvgIpc) is 2.94. The molecule has 1 aliphatic heterocycles. The van der Waals surface area contributed by atoms with Gasteiger partial charge < -0.3 is 15.0 Å². The van der Waals surface area contributed by atoms with Crippen LogP contribution in [0.4, 0.5) is 0 Å². The summed E-state index contributed by atoms with van der Waals surface area (Å²) >= 11 is 0. The van der Waals surface area contributed by atoms with Gasteiger partial charge in [0.15, 0.2) is 0 Å². The second kappa shape index (κ2) is 7.75. The molecule has 1 saturated carbocycles. The predicted octanol–water partition coefficient (Wildman–Crippen LogP) is 3.70. The molecule has 2 aliphatic rings. The number of carbonyl (C=O) groups excluding carboxylic acids is 2. The molecule has 2 atom stereocenters. The zero-order valence-corrected chi connectivity index (χ0v) is 16.6. The number of nitrogens with one attached hydrogen (secondary N) is 1. The first-order valence-electron chi connectivity index (χ1n) is 9.73. The molecule has 146 valence electrons. The van der Waals surface area contributed by atoms with Crippen molar-refractivity contribution in [3.8, 4) is 5.75 Å². The van der Waals surface area contributed by atoms with Crippen LogP contribution >= 0.6 is 0 Å². The number of rotatable bonds is 6. The van der Waals surface area contributed by atoms with Crippen molar-refractivity contribution in [2.24, 2.45) is 5.41 Å². The van der Waals surface area contributed by atoms with Crippen LogP contribution in [0.2, 0.25) is 0 Å². The van der Waals surface area contributed by atoms with E-state index < -0.39 is 0 Å². The minimum Gasteiger partial charge on any atom is -0.490 e. The molecule has 2 amide bonds. The summed E-state index contributed by atoms with van der Waals surface area (Å²) in [5, 5.41) is 2.75. The molecule has 1 aliphatic carbocycles. The van der Waals surface area contributed by atoms with Gasteiger partial charge in [-0.25, -0.2) is 0 Å². The van der Waals surface area contributed by atoms with Crippen molar-refractivity contribution in [2.75, 3.05) is 0 Å². The second-order valence-electron chi connectivity index (χ2n) is 8.64. The first kappa shape index (κ1) is 19.5. The van der Waals surface area contributed by atoms with E-state index in [1.54, 1.807) is 4.90 Å². The van der Waals surface area contributed by atoms with Crippen molar-refractivity contribution in [1.82, 2.24) is 10.2 Å². The van der Waals surface area contributed by atoms with E-state index in [1.807, 2.05) is 25.1 Å². The largest absolute Gasteiger partial charge is 0.490 e. The van der Waals surface area contributed by atoms with Crippen LogP contribution in [-0.2, 0) is 16.1 Å².